The molecule has 3 rings (SSSR count). The number of hydrogen-bond donors (Lipinski definition) is 2. The zero-order chi connectivity index (χ0) is 21.6. The number of nitrogens with one attached hydrogen (secondary N) is 1. The number of carbonyl (C=O) groups is 2. The third-order valence-electron chi connectivity index (χ3n) is 4.34. The number of amides is 2. The Morgan fingerprint density at radius 2 is 2.10 bits per heavy atom. The summed E-state index contributed by atoms with van der Waals surface area (Å²) in [5.74, 6) is -5.04. The summed E-state index contributed by atoms with van der Waals surface area (Å²) in [5, 5.41) is 12.3. The maximum Gasteiger partial charge on any atom is 0.418 e. The summed E-state index contributed by atoms with van der Waals surface area (Å²) in [6.07, 6.45) is -8.67. The molecule has 13 heteroatoms. The van der Waals surface area contributed by atoms with Crippen molar-refractivity contribution in [3.63, 3.8) is 0 Å². The Kier molecular flexibility index (Phi) is 5.28. The van der Waals surface area contributed by atoms with E-state index < -0.39 is 54.6 Å². The molecule has 2 aromatic rings. The van der Waals surface area contributed by atoms with Gasteiger partial charge in [-0.15, -0.1) is 11.3 Å². The number of rotatable bonds is 3. The minimum absolute atomic E-state index is 0.143. The van der Waals surface area contributed by atoms with Crippen molar-refractivity contribution in [2.75, 3.05) is 20.1 Å². The van der Waals surface area contributed by atoms with Crippen molar-refractivity contribution in [3.05, 3.63) is 22.6 Å². The lowest BCUT2D eigenvalue weighted by atomic mass is 10.0. The van der Waals surface area contributed by atoms with Crippen molar-refractivity contribution in [1.82, 2.24) is 15.2 Å². The van der Waals surface area contributed by atoms with Gasteiger partial charge in [-0.2, -0.15) is 13.2 Å². The quantitative estimate of drug-likeness (QED) is 0.715. The van der Waals surface area contributed by atoms with E-state index in [4.69, 9.17) is 9.84 Å². The van der Waals surface area contributed by atoms with Crippen molar-refractivity contribution in [2.45, 2.75) is 24.6 Å². The van der Waals surface area contributed by atoms with Crippen molar-refractivity contribution in [2.24, 2.45) is 0 Å². The fraction of sp³-hybridized carbons (Fsp3) is 0.438. The molecule has 1 atom stereocenters. The monoisotopic (exact) mass is 439 g/mol. The van der Waals surface area contributed by atoms with Gasteiger partial charge in [0.05, 0.1) is 27.9 Å². The molecule has 0 bridgehead atoms. The summed E-state index contributed by atoms with van der Waals surface area (Å²) in [4.78, 5) is 27.1. The van der Waals surface area contributed by atoms with Gasteiger partial charge in [-0.25, -0.2) is 18.6 Å². The van der Waals surface area contributed by atoms with E-state index in [1.165, 1.54) is 12.4 Å². The number of carbonyl (C=O) groups excluding carboxylic acids is 1. The summed E-state index contributed by atoms with van der Waals surface area (Å²) in [5.41, 5.74) is -1.62. The minimum Gasteiger partial charge on any atom is -0.468 e. The average Bonchev–Trinajstić information content (AvgIpc) is 3.04. The van der Waals surface area contributed by atoms with Crippen LogP contribution in [-0.2, 0) is 6.18 Å². The molecule has 1 fully saturated rings. The van der Waals surface area contributed by atoms with Gasteiger partial charge < -0.3 is 20.1 Å². The van der Waals surface area contributed by atoms with Crippen LogP contribution in [-0.4, -0.2) is 59.2 Å². The Morgan fingerprint density at radius 3 is 2.66 bits per heavy atom. The lowest BCUT2D eigenvalue weighted by Gasteiger charge is -2.36. The molecule has 1 aliphatic heterocycles. The summed E-state index contributed by atoms with van der Waals surface area (Å²) in [7, 11) is 1.29. The second-order valence-corrected chi connectivity index (χ2v) is 7.15. The van der Waals surface area contributed by atoms with Crippen LogP contribution in [0.15, 0.2) is 11.4 Å². The number of alkyl halides is 5. The van der Waals surface area contributed by atoms with Gasteiger partial charge in [0.15, 0.2) is 6.10 Å². The first kappa shape index (κ1) is 21.0. The predicted molar refractivity (Wildman–Crippen MR) is 91.6 cm³/mol. The lowest BCUT2D eigenvalue weighted by molar-refractivity contribution is -0.138. The molecule has 2 amide bonds. The number of nitrogens with zero attached hydrogens (tertiary/aromatic N) is 2. The summed E-state index contributed by atoms with van der Waals surface area (Å²) in [6, 6.07) is 0.506. The maximum absolute atomic E-state index is 14.3. The zero-order valence-electron chi connectivity index (χ0n) is 14.7. The van der Waals surface area contributed by atoms with Crippen LogP contribution >= 0.6 is 11.3 Å². The SMILES string of the molecule is CNC(=O)c1csc2c(C(F)(F)F)cc(OC3CCN(C(=O)O)CC3(F)F)nc12. The van der Waals surface area contributed by atoms with E-state index in [2.05, 4.69) is 10.3 Å². The molecule has 2 aromatic heterocycles. The molecule has 2 N–H and O–H groups in total. The normalized spacial score (nSPS) is 19.2. The van der Waals surface area contributed by atoms with Crippen molar-refractivity contribution < 1.29 is 41.4 Å². The number of piperidine rings is 1. The van der Waals surface area contributed by atoms with Gasteiger partial charge >= 0.3 is 18.2 Å². The first-order chi connectivity index (χ1) is 13.4. The Bertz CT molecular complexity index is 962. The molecule has 0 saturated carbocycles. The Labute approximate surface area is 164 Å². The minimum atomic E-state index is -4.83. The Hall–Kier alpha value is -2.70. The number of thiophene rings is 1. The van der Waals surface area contributed by atoms with Crippen LogP contribution in [0, 0.1) is 0 Å². The topological polar surface area (TPSA) is 91.8 Å². The number of pyridine rings is 1. The fourth-order valence-electron chi connectivity index (χ4n) is 2.93. The average molecular weight is 439 g/mol. The molecular weight excluding hydrogens is 425 g/mol. The van der Waals surface area contributed by atoms with E-state index in [1.807, 2.05) is 0 Å². The standard InChI is InChI=1S/C16H14F5N3O4S/c1-22-13(25)7-5-29-12-8(16(19,20)21)4-10(23-11(7)12)28-9-2-3-24(14(26)27)6-15(9,17)18/h4-5,9H,2-3,6H2,1H3,(H,22,25)(H,26,27). The van der Waals surface area contributed by atoms with E-state index in [0.29, 0.717) is 22.3 Å². The smallest absolute Gasteiger partial charge is 0.418 e. The first-order valence-electron chi connectivity index (χ1n) is 8.18. The van der Waals surface area contributed by atoms with E-state index in [9.17, 15) is 31.5 Å². The summed E-state index contributed by atoms with van der Waals surface area (Å²) < 4.78 is 73.7. The van der Waals surface area contributed by atoms with Crippen molar-refractivity contribution in [3.8, 4) is 5.88 Å². The van der Waals surface area contributed by atoms with Crippen LogP contribution in [0.3, 0.4) is 0 Å². The van der Waals surface area contributed by atoms with E-state index in [1.54, 1.807) is 0 Å². The fourth-order valence-corrected chi connectivity index (χ4v) is 3.95. The highest BCUT2D eigenvalue weighted by Gasteiger charge is 2.48. The number of halogens is 5. The number of hydrogen-bond acceptors (Lipinski definition) is 5. The number of fused-ring (bicyclic) bond motifs is 1. The third kappa shape index (κ3) is 4.04. The molecule has 0 aromatic carbocycles. The number of likely N-dealkylation sites (tertiary alicyclic amines) is 1. The van der Waals surface area contributed by atoms with Gasteiger partial charge in [0.1, 0.15) is 0 Å². The number of aromatic nitrogens is 1. The predicted octanol–water partition coefficient (Wildman–Crippen LogP) is 3.44. The highest BCUT2D eigenvalue weighted by molar-refractivity contribution is 7.17. The van der Waals surface area contributed by atoms with Crippen LogP contribution < -0.4 is 10.1 Å². The van der Waals surface area contributed by atoms with E-state index in [0.717, 1.165) is 0 Å². The van der Waals surface area contributed by atoms with Gasteiger partial charge in [0.2, 0.25) is 5.88 Å². The zero-order valence-corrected chi connectivity index (χ0v) is 15.5. The first-order valence-corrected chi connectivity index (χ1v) is 9.06. The molecular formula is C16H14F5N3O4S. The van der Waals surface area contributed by atoms with E-state index in [-0.39, 0.29) is 22.3 Å². The molecule has 3 heterocycles. The molecule has 1 saturated heterocycles. The van der Waals surface area contributed by atoms with Gasteiger partial charge in [0.25, 0.3) is 5.91 Å². The second kappa shape index (κ2) is 7.28. The van der Waals surface area contributed by atoms with Crippen LogP contribution in [0.2, 0.25) is 0 Å². The number of ether oxygens (including phenoxy) is 1. The van der Waals surface area contributed by atoms with Crippen molar-refractivity contribution >= 4 is 33.6 Å². The molecule has 1 aliphatic rings. The van der Waals surface area contributed by atoms with Crippen LogP contribution in [0.5, 0.6) is 5.88 Å². The van der Waals surface area contributed by atoms with Gasteiger partial charge in [-0.05, 0) is 0 Å². The van der Waals surface area contributed by atoms with Gasteiger partial charge in [-0.1, -0.05) is 0 Å². The maximum atomic E-state index is 14.3. The third-order valence-corrected chi connectivity index (χ3v) is 5.35. The molecule has 0 radical (unpaired) electrons. The molecule has 7 nitrogen and oxygen atoms in total. The molecule has 158 valence electrons. The Morgan fingerprint density at radius 1 is 1.41 bits per heavy atom. The molecule has 1 unspecified atom stereocenters. The summed E-state index contributed by atoms with van der Waals surface area (Å²) in [6.45, 7) is -1.42. The number of carboxylic acid groups (broad SMARTS) is 1. The van der Waals surface area contributed by atoms with Gasteiger partial charge in [0, 0.05) is 31.5 Å². The highest BCUT2D eigenvalue weighted by Crippen LogP contribution is 2.41. The molecule has 0 spiro atoms. The highest BCUT2D eigenvalue weighted by atomic mass is 32.1. The van der Waals surface area contributed by atoms with E-state index >= 15 is 0 Å². The Balaban J connectivity index is 2.01. The second-order valence-electron chi connectivity index (χ2n) is 6.27. The molecule has 0 aliphatic carbocycles. The van der Waals surface area contributed by atoms with Crippen LogP contribution in [0.4, 0.5) is 26.7 Å². The van der Waals surface area contributed by atoms with Crippen molar-refractivity contribution in [1.29, 1.82) is 0 Å². The molecule has 29 heavy (non-hydrogen) atoms. The largest absolute Gasteiger partial charge is 0.468 e. The summed E-state index contributed by atoms with van der Waals surface area (Å²) >= 11 is 0.650. The lowest BCUT2D eigenvalue weighted by Crippen LogP contribution is -2.55. The van der Waals surface area contributed by atoms with Crippen LogP contribution in [0.1, 0.15) is 22.3 Å². The van der Waals surface area contributed by atoms with Crippen LogP contribution in [0.25, 0.3) is 10.2 Å². The van der Waals surface area contributed by atoms with Gasteiger partial charge in [-0.3, -0.25) is 4.79 Å².